The zero-order chi connectivity index (χ0) is 13.1. The molecule has 2 aromatic rings. The highest BCUT2D eigenvalue weighted by Gasteiger charge is 2.12. The van der Waals surface area contributed by atoms with Gasteiger partial charge in [-0.3, -0.25) is 0 Å². The molecule has 0 unspecified atom stereocenters. The van der Waals surface area contributed by atoms with Crippen LogP contribution in [0.1, 0.15) is 16.1 Å². The Balaban J connectivity index is 2.41. The van der Waals surface area contributed by atoms with E-state index in [9.17, 15) is 4.79 Å². The number of furan rings is 1. The van der Waals surface area contributed by atoms with E-state index >= 15 is 0 Å². The summed E-state index contributed by atoms with van der Waals surface area (Å²) in [7, 11) is 1.82. The third-order valence-corrected chi connectivity index (χ3v) is 2.82. The number of rotatable bonds is 4. The van der Waals surface area contributed by atoms with Gasteiger partial charge in [-0.2, -0.15) is 0 Å². The molecule has 0 saturated carbocycles. The highest BCUT2D eigenvalue weighted by Crippen LogP contribution is 2.30. The zero-order valence-electron chi connectivity index (χ0n) is 9.74. The van der Waals surface area contributed by atoms with Crippen molar-refractivity contribution in [2.75, 3.05) is 7.05 Å². The molecule has 0 atom stereocenters. The fourth-order valence-corrected chi connectivity index (χ4v) is 1.85. The Kier molecular flexibility index (Phi) is 3.69. The van der Waals surface area contributed by atoms with Crippen LogP contribution in [0.3, 0.4) is 0 Å². The normalized spacial score (nSPS) is 10.6. The molecule has 0 amide bonds. The van der Waals surface area contributed by atoms with Crippen LogP contribution in [-0.2, 0) is 6.54 Å². The SMILES string of the molecule is CNCc1ccc(-c2cc(C(=O)O)ccc2Cl)o1. The minimum absolute atomic E-state index is 0.181. The van der Waals surface area contributed by atoms with E-state index in [1.54, 1.807) is 12.1 Å². The van der Waals surface area contributed by atoms with Crippen molar-refractivity contribution in [3.63, 3.8) is 0 Å². The molecular formula is C13H12ClNO3. The smallest absolute Gasteiger partial charge is 0.335 e. The van der Waals surface area contributed by atoms with Crippen LogP contribution in [0.15, 0.2) is 34.7 Å². The lowest BCUT2D eigenvalue weighted by Gasteiger charge is -2.03. The van der Waals surface area contributed by atoms with Gasteiger partial charge in [0.15, 0.2) is 0 Å². The third kappa shape index (κ3) is 2.55. The highest BCUT2D eigenvalue weighted by molar-refractivity contribution is 6.33. The van der Waals surface area contributed by atoms with Crippen molar-refractivity contribution in [2.24, 2.45) is 0 Å². The van der Waals surface area contributed by atoms with Gasteiger partial charge in [0, 0.05) is 5.56 Å². The van der Waals surface area contributed by atoms with Crippen LogP contribution in [0.5, 0.6) is 0 Å². The molecule has 0 radical (unpaired) electrons. The quantitative estimate of drug-likeness (QED) is 0.892. The summed E-state index contributed by atoms with van der Waals surface area (Å²) in [5.74, 6) is 0.340. The molecule has 1 aromatic heterocycles. The molecule has 0 fully saturated rings. The number of carboxylic acids is 1. The number of carboxylic acid groups (broad SMARTS) is 1. The molecule has 0 aliphatic rings. The molecule has 0 aliphatic carbocycles. The first-order valence-electron chi connectivity index (χ1n) is 5.38. The number of hydrogen-bond donors (Lipinski definition) is 2. The molecule has 0 spiro atoms. The van der Waals surface area contributed by atoms with Gasteiger partial charge >= 0.3 is 5.97 Å². The first-order chi connectivity index (χ1) is 8.61. The maximum Gasteiger partial charge on any atom is 0.335 e. The molecule has 2 rings (SSSR count). The van der Waals surface area contributed by atoms with Crippen LogP contribution in [0.4, 0.5) is 0 Å². The Bertz CT molecular complexity index is 577. The number of nitrogens with one attached hydrogen (secondary N) is 1. The van der Waals surface area contributed by atoms with Crippen LogP contribution >= 0.6 is 11.6 Å². The maximum atomic E-state index is 10.9. The van der Waals surface area contributed by atoms with E-state index in [1.165, 1.54) is 12.1 Å². The van der Waals surface area contributed by atoms with Gasteiger partial charge in [-0.05, 0) is 37.4 Å². The molecule has 94 valence electrons. The van der Waals surface area contributed by atoms with Crippen molar-refractivity contribution in [1.29, 1.82) is 0 Å². The minimum atomic E-state index is -0.991. The van der Waals surface area contributed by atoms with Crippen molar-refractivity contribution in [1.82, 2.24) is 5.32 Å². The third-order valence-electron chi connectivity index (χ3n) is 2.49. The van der Waals surface area contributed by atoms with E-state index < -0.39 is 5.97 Å². The molecule has 1 aromatic carbocycles. The van der Waals surface area contributed by atoms with Crippen LogP contribution in [-0.4, -0.2) is 18.1 Å². The molecule has 18 heavy (non-hydrogen) atoms. The Morgan fingerprint density at radius 3 is 2.83 bits per heavy atom. The summed E-state index contributed by atoms with van der Waals surface area (Å²) in [6, 6.07) is 8.13. The summed E-state index contributed by atoms with van der Waals surface area (Å²) in [5.41, 5.74) is 0.764. The summed E-state index contributed by atoms with van der Waals surface area (Å²) >= 11 is 6.05. The zero-order valence-corrected chi connectivity index (χ0v) is 10.5. The van der Waals surface area contributed by atoms with Gasteiger partial charge in [0.2, 0.25) is 0 Å². The topological polar surface area (TPSA) is 62.5 Å². The Hall–Kier alpha value is -1.78. The van der Waals surface area contributed by atoms with Gasteiger partial charge in [0.1, 0.15) is 11.5 Å². The molecule has 0 aliphatic heterocycles. The van der Waals surface area contributed by atoms with Crippen molar-refractivity contribution >= 4 is 17.6 Å². The number of carbonyl (C=O) groups is 1. The van der Waals surface area contributed by atoms with E-state index in [4.69, 9.17) is 21.1 Å². The van der Waals surface area contributed by atoms with Crippen molar-refractivity contribution in [3.8, 4) is 11.3 Å². The lowest BCUT2D eigenvalue weighted by atomic mass is 10.1. The predicted molar refractivity (Wildman–Crippen MR) is 68.9 cm³/mol. The average molecular weight is 266 g/mol. The van der Waals surface area contributed by atoms with Crippen LogP contribution in [0.2, 0.25) is 5.02 Å². The molecule has 4 nitrogen and oxygen atoms in total. The summed E-state index contributed by atoms with van der Waals surface area (Å²) in [6.07, 6.45) is 0. The lowest BCUT2D eigenvalue weighted by Crippen LogP contribution is -2.03. The van der Waals surface area contributed by atoms with Crippen LogP contribution in [0, 0.1) is 0 Å². The van der Waals surface area contributed by atoms with Crippen LogP contribution in [0.25, 0.3) is 11.3 Å². The number of benzene rings is 1. The van der Waals surface area contributed by atoms with Gasteiger partial charge in [-0.25, -0.2) is 4.79 Å². The number of hydrogen-bond acceptors (Lipinski definition) is 3. The first-order valence-corrected chi connectivity index (χ1v) is 5.76. The van der Waals surface area contributed by atoms with E-state index in [0.717, 1.165) is 5.76 Å². The monoisotopic (exact) mass is 265 g/mol. The van der Waals surface area contributed by atoms with E-state index in [1.807, 2.05) is 13.1 Å². The largest absolute Gasteiger partial charge is 0.478 e. The molecule has 2 N–H and O–H groups in total. The van der Waals surface area contributed by atoms with E-state index in [0.29, 0.717) is 22.9 Å². The van der Waals surface area contributed by atoms with Gasteiger partial charge in [0.25, 0.3) is 0 Å². The highest BCUT2D eigenvalue weighted by atomic mass is 35.5. The van der Waals surface area contributed by atoms with Crippen molar-refractivity contribution < 1.29 is 14.3 Å². The van der Waals surface area contributed by atoms with E-state index in [-0.39, 0.29) is 5.56 Å². The van der Waals surface area contributed by atoms with E-state index in [2.05, 4.69) is 5.32 Å². The molecule has 1 heterocycles. The second-order valence-electron chi connectivity index (χ2n) is 3.80. The Morgan fingerprint density at radius 2 is 2.17 bits per heavy atom. The van der Waals surface area contributed by atoms with Gasteiger partial charge < -0.3 is 14.8 Å². The molecule has 0 saturated heterocycles. The van der Waals surface area contributed by atoms with Gasteiger partial charge in [0.05, 0.1) is 17.1 Å². The number of halogens is 1. The summed E-state index contributed by atoms with van der Waals surface area (Å²) in [4.78, 5) is 10.9. The Morgan fingerprint density at radius 1 is 1.39 bits per heavy atom. The standard InChI is InChI=1S/C13H12ClNO3/c1-15-7-9-3-5-12(18-9)10-6-8(13(16)17)2-4-11(10)14/h2-6,15H,7H2,1H3,(H,16,17). The fourth-order valence-electron chi connectivity index (χ4n) is 1.64. The molecule has 5 heteroatoms. The van der Waals surface area contributed by atoms with Gasteiger partial charge in [-0.15, -0.1) is 0 Å². The summed E-state index contributed by atoms with van der Waals surface area (Å²) in [6.45, 7) is 0.607. The number of aromatic carboxylic acids is 1. The van der Waals surface area contributed by atoms with Crippen LogP contribution < -0.4 is 5.32 Å². The second-order valence-corrected chi connectivity index (χ2v) is 4.20. The van der Waals surface area contributed by atoms with Crippen molar-refractivity contribution in [3.05, 3.63) is 46.7 Å². The maximum absolute atomic E-state index is 10.9. The van der Waals surface area contributed by atoms with Gasteiger partial charge in [-0.1, -0.05) is 11.6 Å². The summed E-state index contributed by atoms with van der Waals surface area (Å²) < 4.78 is 5.59. The minimum Gasteiger partial charge on any atom is -0.478 e. The lowest BCUT2D eigenvalue weighted by molar-refractivity contribution is 0.0697. The Labute approximate surface area is 109 Å². The van der Waals surface area contributed by atoms with Crippen molar-refractivity contribution in [2.45, 2.75) is 6.54 Å². The second kappa shape index (κ2) is 5.25. The molecule has 0 bridgehead atoms. The predicted octanol–water partition coefficient (Wildman–Crippen LogP) is 3.02. The molecular weight excluding hydrogens is 254 g/mol. The average Bonchev–Trinajstić information content (AvgIpc) is 2.78. The fraction of sp³-hybridized carbons (Fsp3) is 0.154. The first kappa shape index (κ1) is 12.7. The summed E-state index contributed by atoms with van der Waals surface area (Å²) in [5, 5.41) is 12.4.